The fourth-order valence-electron chi connectivity index (χ4n) is 2.04. The first-order valence-electron chi connectivity index (χ1n) is 5.74. The normalized spacial score (nSPS) is 10.8. The number of hydrogen-bond donors (Lipinski definition) is 1. The molecule has 0 aliphatic carbocycles. The smallest absolute Gasteiger partial charge is 0.272 e. The number of rotatable bonds is 2. The van der Waals surface area contributed by atoms with E-state index in [0.29, 0.717) is 5.39 Å². The van der Waals surface area contributed by atoms with E-state index in [4.69, 9.17) is 4.74 Å². The Morgan fingerprint density at radius 1 is 1.16 bits per heavy atom. The number of aromatic nitrogens is 2. The van der Waals surface area contributed by atoms with Gasteiger partial charge in [-0.05, 0) is 42.5 Å². The molecule has 0 unspecified atom stereocenters. The molecule has 0 amide bonds. The topological polar surface area (TPSA) is 47.0 Å². The van der Waals surface area contributed by atoms with E-state index in [9.17, 15) is 4.79 Å². The summed E-state index contributed by atoms with van der Waals surface area (Å²) < 4.78 is 7.78. The second-order valence-electron chi connectivity index (χ2n) is 4.14. The van der Waals surface area contributed by atoms with E-state index in [-0.39, 0.29) is 5.56 Å². The molecule has 1 N–H and O–H groups in total. The Morgan fingerprint density at radius 3 is 2.58 bits per heavy atom. The molecule has 0 fully saturated rings. The van der Waals surface area contributed by atoms with E-state index in [1.54, 1.807) is 11.8 Å². The van der Waals surface area contributed by atoms with Crippen LogP contribution in [0.5, 0.6) is 5.75 Å². The zero-order valence-corrected chi connectivity index (χ0v) is 11.8. The third kappa shape index (κ3) is 2.06. The molecule has 3 aromatic rings. The molecule has 2 aromatic carbocycles. The highest BCUT2D eigenvalue weighted by atomic mass is 79.9. The lowest BCUT2D eigenvalue weighted by Gasteiger charge is -2.05. The van der Waals surface area contributed by atoms with Crippen LogP contribution in [-0.2, 0) is 0 Å². The number of ether oxygens (including phenoxy) is 1. The monoisotopic (exact) mass is 318 g/mol. The van der Waals surface area contributed by atoms with E-state index in [2.05, 4.69) is 21.0 Å². The number of nitrogens with zero attached hydrogens (tertiary/aromatic N) is 1. The van der Waals surface area contributed by atoms with E-state index in [1.165, 1.54) is 0 Å². The lowest BCUT2D eigenvalue weighted by molar-refractivity contribution is 0.414. The summed E-state index contributed by atoms with van der Waals surface area (Å²) in [6.07, 6.45) is 0. The highest BCUT2D eigenvalue weighted by Crippen LogP contribution is 2.21. The Kier molecular flexibility index (Phi) is 2.91. The maximum absolute atomic E-state index is 11.9. The van der Waals surface area contributed by atoms with Crippen LogP contribution in [0, 0.1) is 0 Å². The summed E-state index contributed by atoms with van der Waals surface area (Å²) >= 11 is 3.37. The van der Waals surface area contributed by atoms with Crippen molar-refractivity contribution in [2.24, 2.45) is 0 Å². The van der Waals surface area contributed by atoms with Gasteiger partial charge in [-0.1, -0.05) is 15.9 Å². The van der Waals surface area contributed by atoms with Crippen LogP contribution >= 0.6 is 15.9 Å². The van der Waals surface area contributed by atoms with Crippen LogP contribution in [0.2, 0.25) is 0 Å². The maximum atomic E-state index is 11.9. The molecule has 1 heterocycles. The third-order valence-electron chi connectivity index (χ3n) is 2.99. The van der Waals surface area contributed by atoms with Crippen molar-refractivity contribution in [3.8, 4) is 11.4 Å². The molecule has 0 aliphatic heterocycles. The summed E-state index contributed by atoms with van der Waals surface area (Å²) in [5.74, 6) is 0.783. The summed E-state index contributed by atoms with van der Waals surface area (Å²) in [6, 6.07) is 13.1. The van der Waals surface area contributed by atoms with Gasteiger partial charge in [0.15, 0.2) is 0 Å². The zero-order chi connectivity index (χ0) is 13.4. The molecule has 19 heavy (non-hydrogen) atoms. The molecule has 0 aliphatic rings. The van der Waals surface area contributed by atoms with Gasteiger partial charge in [-0.2, -0.15) is 0 Å². The highest BCUT2D eigenvalue weighted by molar-refractivity contribution is 9.10. The van der Waals surface area contributed by atoms with Crippen molar-refractivity contribution in [3.05, 3.63) is 57.3 Å². The summed E-state index contributed by atoms with van der Waals surface area (Å²) in [5.41, 5.74) is 1.63. The average molecular weight is 319 g/mol. The van der Waals surface area contributed by atoms with Crippen molar-refractivity contribution in [2.75, 3.05) is 7.11 Å². The lowest BCUT2D eigenvalue weighted by atomic mass is 10.2. The lowest BCUT2D eigenvalue weighted by Crippen LogP contribution is -2.03. The van der Waals surface area contributed by atoms with Crippen molar-refractivity contribution in [1.82, 2.24) is 9.78 Å². The molecular weight excluding hydrogens is 308 g/mol. The molecule has 3 rings (SSSR count). The van der Waals surface area contributed by atoms with Gasteiger partial charge in [-0.15, -0.1) is 0 Å². The van der Waals surface area contributed by atoms with Crippen LogP contribution in [0.1, 0.15) is 0 Å². The molecule has 0 saturated carbocycles. The number of aromatic amines is 1. The summed E-state index contributed by atoms with van der Waals surface area (Å²) in [4.78, 5) is 11.9. The predicted molar refractivity (Wildman–Crippen MR) is 78.1 cm³/mol. The molecule has 0 bridgehead atoms. The highest BCUT2D eigenvalue weighted by Gasteiger charge is 2.08. The van der Waals surface area contributed by atoms with Gasteiger partial charge in [0, 0.05) is 4.47 Å². The maximum Gasteiger partial charge on any atom is 0.272 e. The van der Waals surface area contributed by atoms with Gasteiger partial charge in [0.2, 0.25) is 0 Å². The van der Waals surface area contributed by atoms with Gasteiger partial charge >= 0.3 is 0 Å². The van der Waals surface area contributed by atoms with Crippen LogP contribution in [-0.4, -0.2) is 16.9 Å². The van der Waals surface area contributed by atoms with Crippen molar-refractivity contribution < 1.29 is 4.74 Å². The second kappa shape index (κ2) is 4.59. The Morgan fingerprint density at radius 2 is 1.89 bits per heavy atom. The van der Waals surface area contributed by atoms with Gasteiger partial charge < -0.3 is 4.74 Å². The van der Waals surface area contributed by atoms with Crippen molar-refractivity contribution >= 4 is 26.8 Å². The molecule has 0 spiro atoms. The van der Waals surface area contributed by atoms with Gasteiger partial charge in [0.25, 0.3) is 5.56 Å². The molecule has 4 nitrogen and oxygen atoms in total. The van der Waals surface area contributed by atoms with Crippen LogP contribution in [0.25, 0.3) is 16.6 Å². The summed E-state index contributed by atoms with van der Waals surface area (Å²) in [7, 11) is 1.62. The van der Waals surface area contributed by atoms with E-state index >= 15 is 0 Å². The first kappa shape index (κ1) is 12.0. The number of fused-ring (bicyclic) bond motifs is 1. The molecule has 0 radical (unpaired) electrons. The molecule has 5 heteroatoms. The van der Waals surface area contributed by atoms with E-state index in [1.807, 2.05) is 42.5 Å². The number of H-pyrrole nitrogens is 1. The van der Waals surface area contributed by atoms with Gasteiger partial charge in [0.1, 0.15) is 5.75 Å². The number of hydrogen-bond acceptors (Lipinski definition) is 2. The summed E-state index contributed by atoms with van der Waals surface area (Å²) in [5, 5.41) is 3.49. The van der Waals surface area contributed by atoms with Crippen LogP contribution < -0.4 is 10.3 Å². The number of nitrogens with one attached hydrogen (secondary N) is 1. The minimum Gasteiger partial charge on any atom is -0.497 e. The van der Waals surface area contributed by atoms with Gasteiger partial charge in [-0.25, -0.2) is 0 Å². The molecule has 96 valence electrons. The average Bonchev–Trinajstić information content (AvgIpc) is 2.76. The van der Waals surface area contributed by atoms with Crippen molar-refractivity contribution in [2.45, 2.75) is 0 Å². The Hall–Kier alpha value is -2.01. The Balaban J connectivity index is 2.22. The molecular formula is C14H11BrN2O2. The van der Waals surface area contributed by atoms with Crippen molar-refractivity contribution in [1.29, 1.82) is 0 Å². The van der Waals surface area contributed by atoms with Crippen LogP contribution in [0.4, 0.5) is 0 Å². The SMILES string of the molecule is COc1ccc(-n2[nH]c(=O)c3cc(Br)ccc32)cc1. The van der Waals surface area contributed by atoms with Gasteiger partial charge in [-0.3, -0.25) is 14.6 Å². The Labute approximate surface area is 117 Å². The fourth-order valence-corrected chi connectivity index (χ4v) is 2.40. The minimum absolute atomic E-state index is 0.105. The molecule has 0 saturated heterocycles. The second-order valence-corrected chi connectivity index (χ2v) is 5.05. The predicted octanol–water partition coefficient (Wildman–Crippen LogP) is 3.09. The van der Waals surface area contributed by atoms with Crippen LogP contribution in [0.15, 0.2) is 51.7 Å². The largest absolute Gasteiger partial charge is 0.497 e. The summed E-state index contributed by atoms with van der Waals surface area (Å²) in [6.45, 7) is 0. The zero-order valence-electron chi connectivity index (χ0n) is 10.2. The quantitative estimate of drug-likeness (QED) is 0.789. The fraction of sp³-hybridized carbons (Fsp3) is 0.0714. The minimum atomic E-state index is -0.105. The number of halogens is 1. The number of benzene rings is 2. The molecule has 1 aromatic heterocycles. The van der Waals surface area contributed by atoms with Gasteiger partial charge in [0.05, 0.1) is 23.7 Å². The first-order chi connectivity index (χ1) is 9.19. The standard InChI is InChI=1S/C14H11BrN2O2/c1-19-11-5-3-10(4-6-11)17-13-7-2-9(15)8-12(13)14(18)16-17/h2-8H,1H3,(H,16,18). The molecule has 0 atom stereocenters. The first-order valence-corrected chi connectivity index (χ1v) is 6.53. The Bertz CT molecular complexity index is 787. The van der Waals surface area contributed by atoms with E-state index in [0.717, 1.165) is 21.4 Å². The number of methoxy groups -OCH3 is 1. The van der Waals surface area contributed by atoms with E-state index < -0.39 is 0 Å². The van der Waals surface area contributed by atoms with Crippen LogP contribution in [0.3, 0.4) is 0 Å². The van der Waals surface area contributed by atoms with Crippen molar-refractivity contribution in [3.63, 3.8) is 0 Å². The third-order valence-corrected chi connectivity index (χ3v) is 3.48.